The van der Waals surface area contributed by atoms with Gasteiger partial charge in [-0.2, -0.15) is 0 Å². The van der Waals surface area contributed by atoms with E-state index in [4.69, 9.17) is 9.47 Å². The minimum Gasteiger partial charge on any atom is -0.454 e. The summed E-state index contributed by atoms with van der Waals surface area (Å²) in [5.41, 5.74) is 1.26. The first-order valence-corrected chi connectivity index (χ1v) is 10.6. The van der Waals surface area contributed by atoms with Crippen LogP contribution in [0.1, 0.15) is 24.0 Å². The zero-order valence-electron chi connectivity index (χ0n) is 17.8. The number of alkyl halides is 3. The molecule has 0 atom stereocenters. The molecule has 6 nitrogen and oxygen atoms in total. The van der Waals surface area contributed by atoms with Crippen molar-refractivity contribution in [1.29, 1.82) is 0 Å². The first-order valence-electron chi connectivity index (χ1n) is 10.6. The largest absolute Gasteiger partial charge is 0.573 e. The Bertz CT molecular complexity index is 1250. The summed E-state index contributed by atoms with van der Waals surface area (Å²) >= 11 is 0. The number of anilines is 1. The fourth-order valence-corrected chi connectivity index (χ4v) is 4.17. The minimum absolute atomic E-state index is 0.104. The summed E-state index contributed by atoms with van der Waals surface area (Å²) in [5, 5.41) is 12.5. The maximum Gasteiger partial charge on any atom is 0.573 e. The van der Waals surface area contributed by atoms with Gasteiger partial charge < -0.3 is 24.6 Å². The van der Waals surface area contributed by atoms with Crippen LogP contribution in [0.3, 0.4) is 0 Å². The van der Waals surface area contributed by atoms with E-state index in [1.54, 1.807) is 36.4 Å². The summed E-state index contributed by atoms with van der Waals surface area (Å²) in [5.74, 6) is 0.501. The van der Waals surface area contributed by atoms with Crippen LogP contribution in [0.5, 0.6) is 17.2 Å². The fourth-order valence-electron chi connectivity index (χ4n) is 4.17. The van der Waals surface area contributed by atoms with Crippen LogP contribution in [0.25, 0.3) is 11.1 Å². The number of amides is 1. The molecule has 34 heavy (non-hydrogen) atoms. The van der Waals surface area contributed by atoms with Gasteiger partial charge in [-0.05, 0) is 59.9 Å². The lowest BCUT2D eigenvalue weighted by atomic mass is 9.94. The van der Waals surface area contributed by atoms with E-state index < -0.39 is 17.5 Å². The molecule has 1 saturated carbocycles. The molecule has 1 aliphatic heterocycles. The molecule has 0 unspecified atom stereocenters. The standard InChI is InChI=1S/C25H20F3NO5/c26-25(27,28)34-20-8-6-17(12-19(20)18-4-2-1-3-15(18)13-30)29-23(31)24(9-10-24)16-5-7-21-22(11-16)33-14-32-21/h1-8,11-12,30H,9-10,13-14H2,(H,29,31). The van der Waals surface area contributed by atoms with Gasteiger partial charge in [0.15, 0.2) is 11.5 Å². The number of carbonyl (C=O) groups is 1. The molecule has 5 rings (SSSR count). The van der Waals surface area contributed by atoms with E-state index in [1.807, 2.05) is 6.07 Å². The van der Waals surface area contributed by atoms with Gasteiger partial charge in [-0.1, -0.05) is 30.3 Å². The molecule has 176 valence electrons. The molecule has 2 N–H and O–H groups in total. The zero-order chi connectivity index (χ0) is 23.9. The van der Waals surface area contributed by atoms with Crippen LogP contribution in [0, 0.1) is 0 Å². The molecular formula is C25H20F3NO5. The molecule has 1 aliphatic carbocycles. The Morgan fingerprint density at radius 1 is 1.00 bits per heavy atom. The molecule has 3 aromatic carbocycles. The third kappa shape index (κ3) is 4.14. The Morgan fingerprint density at radius 3 is 2.50 bits per heavy atom. The van der Waals surface area contributed by atoms with E-state index in [2.05, 4.69) is 10.1 Å². The van der Waals surface area contributed by atoms with Gasteiger partial charge in [0, 0.05) is 11.3 Å². The van der Waals surface area contributed by atoms with Gasteiger partial charge in [0.25, 0.3) is 0 Å². The van der Waals surface area contributed by atoms with Crippen molar-refractivity contribution >= 4 is 11.6 Å². The topological polar surface area (TPSA) is 77.0 Å². The summed E-state index contributed by atoms with van der Waals surface area (Å²) in [7, 11) is 0. The smallest absolute Gasteiger partial charge is 0.454 e. The van der Waals surface area contributed by atoms with Gasteiger partial charge in [-0.3, -0.25) is 4.79 Å². The number of nitrogens with one attached hydrogen (secondary N) is 1. The number of ether oxygens (including phenoxy) is 3. The summed E-state index contributed by atoms with van der Waals surface area (Å²) < 4.78 is 54.0. The summed E-state index contributed by atoms with van der Waals surface area (Å²) in [6, 6.07) is 15.8. The highest BCUT2D eigenvalue weighted by Gasteiger charge is 2.51. The van der Waals surface area contributed by atoms with Crippen molar-refractivity contribution in [1.82, 2.24) is 0 Å². The maximum atomic E-state index is 13.2. The van der Waals surface area contributed by atoms with E-state index in [0.29, 0.717) is 41.2 Å². The van der Waals surface area contributed by atoms with Crippen molar-refractivity contribution < 1.29 is 37.3 Å². The highest BCUT2D eigenvalue weighted by atomic mass is 19.4. The minimum atomic E-state index is -4.90. The van der Waals surface area contributed by atoms with Crippen molar-refractivity contribution in [3.8, 4) is 28.4 Å². The lowest BCUT2D eigenvalue weighted by molar-refractivity contribution is -0.274. The summed E-state index contributed by atoms with van der Waals surface area (Å²) in [6.07, 6.45) is -3.63. The Balaban J connectivity index is 1.47. The molecule has 1 heterocycles. The Hall–Kier alpha value is -3.72. The van der Waals surface area contributed by atoms with Gasteiger partial charge in [0.05, 0.1) is 12.0 Å². The molecule has 9 heteroatoms. The van der Waals surface area contributed by atoms with E-state index in [-0.39, 0.29) is 24.9 Å². The second kappa shape index (κ2) is 8.25. The first kappa shape index (κ1) is 22.1. The number of hydrogen-bond acceptors (Lipinski definition) is 5. The Labute approximate surface area is 192 Å². The molecule has 3 aromatic rings. The van der Waals surface area contributed by atoms with Crippen LogP contribution in [0.15, 0.2) is 60.7 Å². The van der Waals surface area contributed by atoms with E-state index in [9.17, 15) is 23.1 Å². The van der Waals surface area contributed by atoms with Gasteiger partial charge >= 0.3 is 6.36 Å². The lowest BCUT2D eigenvalue weighted by Gasteiger charge is -2.19. The first-order chi connectivity index (χ1) is 16.3. The average molecular weight is 471 g/mol. The molecule has 0 bridgehead atoms. The number of fused-ring (bicyclic) bond motifs is 1. The lowest BCUT2D eigenvalue weighted by Crippen LogP contribution is -2.27. The molecule has 1 amide bonds. The molecule has 0 aromatic heterocycles. The molecule has 1 fully saturated rings. The van der Waals surface area contributed by atoms with E-state index in [0.717, 1.165) is 11.6 Å². The van der Waals surface area contributed by atoms with Gasteiger partial charge in [0.2, 0.25) is 12.7 Å². The molecule has 2 aliphatic rings. The maximum absolute atomic E-state index is 13.2. The van der Waals surface area contributed by atoms with Crippen molar-refractivity contribution in [3.05, 3.63) is 71.8 Å². The second-order valence-corrected chi connectivity index (χ2v) is 8.18. The van der Waals surface area contributed by atoms with Crippen LogP contribution in [0.2, 0.25) is 0 Å². The van der Waals surface area contributed by atoms with Gasteiger partial charge in [-0.25, -0.2) is 0 Å². The molecule has 0 saturated heterocycles. The highest BCUT2D eigenvalue weighted by molar-refractivity contribution is 6.02. The zero-order valence-corrected chi connectivity index (χ0v) is 17.8. The highest BCUT2D eigenvalue weighted by Crippen LogP contribution is 2.51. The number of halogens is 3. The third-order valence-corrected chi connectivity index (χ3v) is 6.05. The third-order valence-electron chi connectivity index (χ3n) is 6.05. The van der Waals surface area contributed by atoms with Crippen molar-refractivity contribution in [2.45, 2.75) is 31.2 Å². The number of carbonyl (C=O) groups excluding carboxylic acids is 1. The predicted octanol–water partition coefficient (Wildman–Crippen LogP) is 5.14. The van der Waals surface area contributed by atoms with Crippen LogP contribution < -0.4 is 19.5 Å². The number of aliphatic hydroxyl groups is 1. The number of aliphatic hydroxyl groups excluding tert-OH is 1. The Kier molecular flexibility index (Phi) is 5.36. The van der Waals surface area contributed by atoms with Crippen LogP contribution in [-0.4, -0.2) is 24.2 Å². The van der Waals surface area contributed by atoms with Crippen LogP contribution in [0.4, 0.5) is 18.9 Å². The van der Waals surface area contributed by atoms with Crippen molar-refractivity contribution in [2.75, 3.05) is 12.1 Å². The van der Waals surface area contributed by atoms with Crippen molar-refractivity contribution in [2.24, 2.45) is 0 Å². The number of rotatable bonds is 6. The van der Waals surface area contributed by atoms with Crippen LogP contribution in [-0.2, 0) is 16.8 Å². The quantitative estimate of drug-likeness (QED) is 0.521. The Morgan fingerprint density at radius 2 is 1.76 bits per heavy atom. The van der Waals surface area contributed by atoms with Gasteiger partial charge in [0.1, 0.15) is 5.75 Å². The predicted molar refractivity (Wildman–Crippen MR) is 117 cm³/mol. The molecule has 0 spiro atoms. The monoisotopic (exact) mass is 471 g/mol. The van der Waals surface area contributed by atoms with E-state index in [1.165, 1.54) is 12.1 Å². The molecule has 0 radical (unpaired) electrons. The van der Waals surface area contributed by atoms with Crippen LogP contribution >= 0.6 is 0 Å². The molecular weight excluding hydrogens is 451 g/mol. The summed E-state index contributed by atoms with van der Waals surface area (Å²) in [4.78, 5) is 13.2. The number of benzene rings is 3. The van der Waals surface area contributed by atoms with Gasteiger partial charge in [-0.15, -0.1) is 13.2 Å². The number of hydrogen-bond donors (Lipinski definition) is 2. The van der Waals surface area contributed by atoms with E-state index >= 15 is 0 Å². The second-order valence-electron chi connectivity index (χ2n) is 8.18. The normalized spacial score (nSPS) is 15.6. The average Bonchev–Trinajstić information content (AvgIpc) is 3.50. The fraction of sp³-hybridized carbons (Fsp3) is 0.240. The SMILES string of the molecule is O=C(Nc1ccc(OC(F)(F)F)c(-c2ccccc2CO)c1)C1(c2ccc3c(c2)OCO3)CC1. The summed E-state index contributed by atoms with van der Waals surface area (Å²) in [6.45, 7) is -0.242. The van der Waals surface area contributed by atoms with Crippen molar-refractivity contribution in [3.63, 3.8) is 0 Å².